The Balaban J connectivity index is 1.43. The number of hydrogen-bond acceptors (Lipinski definition) is 5. The molecule has 130 valence electrons. The number of carbonyl (C=O) groups excluding carboxylic acids is 1. The highest BCUT2D eigenvalue weighted by Gasteiger charge is 2.12. The summed E-state index contributed by atoms with van der Waals surface area (Å²) in [5.41, 5.74) is 1.59. The number of thioether (sulfide) groups is 1. The number of aryl methyl sites for hydroxylation is 1. The Kier molecular flexibility index (Phi) is 4.45. The van der Waals surface area contributed by atoms with E-state index >= 15 is 0 Å². The number of pyridine rings is 1. The predicted octanol–water partition coefficient (Wildman–Crippen LogP) is 4.11. The van der Waals surface area contributed by atoms with E-state index in [2.05, 4.69) is 15.3 Å². The van der Waals surface area contributed by atoms with Crippen LogP contribution in [0.25, 0.3) is 10.9 Å². The summed E-state index contributed by atoms with van der Waals surface area (Å²) in [4.78, 5) is 20.9. The average molecular weight is 364 g/mol. The maximum Gasteiger partial charge on any atom is 0.291 e. The summed E-state index contributed by atoms with van der Waals surface area (Å²) >= 11 is 1.56. The summed E-state index contributed by atoms with van der Waals surface area (Å²) in [7, 11) is 1.94. The molecule has 0 saturated carbocycles. The van der Waals surface area contributed by atoms with Gasteiger partial charge in [-0.2, -0.15) is 0 Å². The molecule has 0 fully saturated rings. The fourth-order valence-corrected chi connectivity index (χ4v) is 3.38. The Morgan fingerprint density at radius 3 is 2.96 bits per heavy atom. The van der Waals surface area contributed by atoms with Crippen LogP contribution in [0.1, 0.15) is 16.3 Å². The highest BCUT2D eigenvalue weighted by atomic mass is 32.2. The smallest absolute Gasteiger partial charge is 0.291 e. The molecule has 0 radical (unpaired) electrons. The van der Waals surface area contributed by atoms with Crippen LogP contribution >= 0.6 is 11.8 Å². The summed E-state index contributed by atoms with van der Waals surface area (Å²) in [6.07, 6.45) is 5.39. The standard InChI is InChI=1S/C19H16N4O2S/c1-23-10-9-21-19(23)26-12-15-5-7-17(25-15)18(24)22-14-4-6-16-13(11-14)3-2-8-20-16/h2-11H,12H2,1H3,(H,22,24). The van der Waals surface area contributed by atoms with E-state index in [-0.39, 0.29) is 11.7 Å². The molecular formula is C19H16N4O2S. The van der Waals surface area contributed by atoms with Crippen molar-refractivity contribution in [3.05, 3.63) is 72.6 Å². The molecule has 1 N–H and O–H groups in total. The minimum Gasteiger partial charge on any atom is -0.455 e. The quantitative estimate of drug-likeness (QED) is 0.540. The number of nitrogens with zero attached hydrogens (tertiary/aromatic N) is 3. The molecule has 0 aliphatic carbocycles. The van der Waals surface area contributed by atoms with Crippen LogP contribution < -0.4 is 5.32 Å². The number of rotatable bonds is 5. The highest BCUT2D eigenvalue weighted by Crippen LogP contribution is 2.23. The molecule has 0 atom stereocenters. The number of hydrogen-bond donors (Lipinski definition) is 1. The number of fused-ring (bicyclic) bond motifs is 1. The molecule has 1 amide bonds. The lowest BCUT2D eigenvalue weighted by molar-refractivity contribution is 0.0995. The summed E-state index contributed by atoms with van der Waals surface area (Å²) in [5, 5.41) is 4.73. The van der Waals surface area contributed by atoms with E-state index in [1.165, 1.54) is 0 Å². The third-order valence-electron chi connectivity index (χ3n) is 3.87. The van der Waals surface area contributed by atoms with Gasteiger partial charge >= 0.3 is 0 Å². The SMILES string of the molecule is Cn1ccnc1SCc1ccc(C(=O)Nc2ccc3ncccc3c2)o1. The number of imidazole rings is 1. The monoisotopic (exact) mass is 364 g/mol. The van der Waals surface area contributed by atoms with Crippen molar-refractivity contribution in [2.24, 2.45) is 7.05 Å². The van der Waals surface area contributed by atoms with Gasteiger partial charge in [0, 0.05) is 36.7 Å². The van der Waals surface area contributed by atoms with Gasteiger partial charge in [-0.25, -0.2) is 4.98 Å². The maximum atomic E-state index is 12.4. The zero-order chi connectivity index (χ0) is 17.9. The predicted molar refractivity (Wildman–Crippen MR) is 101 cm³/mol. The fourth-order valence-electron chi connectivity index (χ4n) is 2.55. The van der Waals surface area contributed by atoms with Gasteiger partial charge in [0.25, 0.3) is 5.91 Å². The van der Waals surface area contributed by atoms with Crippen LogP contribution in [-0.2, 0) is 12.8 Å². The van der Waals surface area contributed by atoms with Crippen molar-refractivity contribution in [1.29, 1.82) is 0 Å². The van der Waals surface area contributed by atoms with Gasteiger partial charge in [-0.05, 0) is 36.4 Å². The largest absolute Gasteiger partial charge is 0.455 e. The number of nitrogens with one attached hydrogen (secondary N) is 1. The maximum absolute atomic E-state index is 12.4. The molecule has 1 aromatic carbocycles. The van der Waals surface area contributed by atoms with Crippen LogP contribution in [0.2, 0.25) is 0 Å². The molecule has 3 heterocycles. The molecule has 4 aromatic rings. The number of carbonyl (C=O) groups is 1. The second-order valence-electron chi connectivity index (χ2n) is 5.74. The van der Waals surface area contributed by atoms with Crippen LogP contribution in [0.5, 0.6) is 0 Å². The van der Waals surface area contributed by atoms with Gasteiger partial charge in [0.05, 0.1) is 11.3 Å². The summed E-state index contributed by atoms with van der Waals surface area (Å²) in [5.74, 6) is 1.35. The Labute approximate surface area is 154 Å². The van der Waals surface area contributed by atoms with Gasteiger partial charge in [-0.3, -0.25) is 9.78 Å². The van der Waals surface area contributed by atoms with Gasteiger partial charge in [0.1, 0.15) is 5.76 Å². The van der Waals surface area contributed by atoms with Crippen molar-refractivity contribution >= 4 is 34.3 Å². The normalized spacial score (nSPS) is 11.0. The van der Waals surface area contributed by atoms with E-state index in [0.717, 1.165) is 21.8 Å². The van der Waals surface area contributed by atoms with Gasteiger partial charge in [0.15, 0.2) is 10.9 Å². The third kappa shape index (κ3) is 3.48. The third-order valence-corrected chi connectivity index (χ3v) is 4.95. The fraction of sp³-hybridized carbons (Fsp3) is 0.105. The van der Waals surface area contributed by atoms with Crippen LogP contribution in [0.15, 0.2) is 70.6 Å². The van der Waals surface area contributed by atoms with Crippen LogP contribution in [-0.4, -0.2) is 20.4 Å². The molecule has 6 nitrogen and oxygen atoms in total. The molecule has 0 bridgehead atoms. The Morgan fingerprint density at radius 2 is 2.12 bits per heavy atom. The van der Waals surface area contributed by atoms with E-state index in [9.17, 15) is 4.79 Å². The van der Waals surface area contributed by atoms with E-state index < -0.39 is 0 Å². The molecule has 0 spiro atoms. The molecule has 0 aliphatic heterocycles. The first kappa shape index (κ1) is 16.4. The molecule has 3 aromatic heterocycles. The van der Waals surface area contributed by atoms with Crippen molar-refractivity contribution in [3.63, 3.8) is 0 Å². The molecule has 4 rings (SSSR count). The second-order valence-corrected chi connectivity index (χ2v) is 6.68. The van der Waals surface area contributed by atoms with Crippen molar-refractivity contribution < 1.29 is 9.21 Å². The van der Waals surface area contributed by atoms with Gasteiger partial charge in [-0.1, -0.05) is 17.8 Å². The Morgan fingerprint density at radius 1 is 1.19 bits per heavy atom. The summed E-state index contributed by atoms with van der Waals surface area (Å²) in [6.45, 7) is 0. The van der Waals surface area contributed by atoms with Crippen molar-refractivity contribution in [2.45, 2.75) is 10.9 Å². The van der Waals surface area contributed by atoms with Crippen LogP contribution in [0.3, 0.4) is 0 Å². The van der Waals surface area contributed by atoms with Gasteiger partial charge < -0.3 is 14.3 Å². The van der Waals surface area contributed by atoms with Gasteiger partial charge in [-0.15, -0.1) is 0 Å². The minimum atomic E-state index is -0.276. The van der Waals surface area contributed by atoms with E-state index in [1.54, 1.807) is 30.2 Å². The van der Waals surface area contributed by atoms with Crippen LogP contribution in [0, 0.1) is 0 Å². The van der Waals surface area contributed by atoms with E-state index in [1.807, 2.05) is 54.2 Å². The topological polar surface area (TPSA) is 73.0 Å². The molecule has 7 heteroatoms. The van der Waals surface area contributed by atoms with Crippen molar-refractivity contribution in [3.8, 4) is 0 Å². The summed E-state index contributed by atoms with van der Waals surface area (Å²) in [6, 6.07) is 12.9. The van der Waals surface area contributed by atoms with E-state index in [4.69, 9.17) is 4.42 Å². The van der Waals surface area contributed by atoms with Gasteiger partial charge in [0.2, 0.25) is 0 Å². The Bertz CT molecular complexity index is 1070. The number of anilines is 1. The molecular weight excluding hydrogens is 348 g/mol. The van der Waals surface area contributed by atoms with Crippen molar-refractivity contribution in [1.82, 2.24) is 14.5 Å². The second kappa shape index (κ2) is 7.05. The minimum absolute atomic E-state index is 0.276. The highest BCUT2D eigenvalue weighted by molar-refractivity contribution is 7.98. The molecule has 0 saturated heterocycles. The number of amides is 1. The molecule has 0 unspecified atom stereocenters. The lowest BCUT2D eigenvalue weighted by Gasteiger charge is -2.04. The first-order chi connectivity index (χ1) is 12.7. The zero-order valence-electron chi connectivity index (χ0n) is 14.0. The van der Waals surface area contributed by atoms with Crippen molar-refractivity contribution in [2.75, 3.05) is 5.32 Å². The molecule has 0 aliphatic rings. The zero-order valence-corrected chi connectivity index (χ0v) is 14.9. The summed E-state index contributed by atoms with van der Waals surface area (Å²) < 4.78 is 7.60. The number of aromatic nitrogens is 3. The first-order valence-electron chi connectivity index (χ1n) is 8.04. The number of furan rings is 1. The van der Waals surface area contributed by atoms with Crippen LogP contribution in [0.4, 0.5) is 5.69 Å². The molecule has 26 heavy (non-hydrogen) atoms. The Hall–Kier alpha value is -3.06. The first-order valence-corrected chi connectivity index (χ1v) is 9.02. The number of benzene rings is 1. The lowest BCUT2D eigenvalue weighted by Crippen LogP contribution is -2.10. The lowest BCUT2D eigenvalue weighted by atomic mass is 10.2. The van der Waals surface area contributed by atoms with E-state index in [0.29, 0.717) is 11.4 Å². The average Bonchev–Trinajstić information content (AvgIpc) is 3.29.